The molecule has 3 heteroatoms. The molecule has 0 aliphatic heterocycles. The van der Waals surface area contributed by atoms with Crippen LogP contribution in [0.5, 0.6) is 17.2 Å². The summed E-state index contributed by atoms with van der Waals surface area (Å²) in [6.07, 6.45) is -0.619. The van der Waals surface area contributed by atoms with E-state index in [2.05, 4.69) is 48.5 Å². The Morgan fingerprint density at radius 3 is 1.17 bits per heavy atom. The Morgan fingerprint density at radius 1 is 0.400 bits per heavy atom. The van der Waals surface area contributed by atoms with Gasteiger partial charge >= 0.3 is 0 Å². The summed E-state index contributed by atoms with van der Waals surface area (Å²) < 4.78 is 18.0. The van der Waals surface area contributed by atoms with Gasteiger partial charge in [-0.15, -0.1) is 0 Å². The van der Waals surface area contributed by atoms with E-state index in [1.54, 1.807) is 7.11 Å². The van der Waals surface area contributed by atoms with Gasteiger partial charge in [0.25, 0.3) is 6.29 Å². The second-order valence-electron chi connectivity index (χ2n) is 8.12. The first-order valence-corrected chi connectivity index (χ1v) is 11.6. The molecular formula is C32H26O3. The third-order valence-electron chi connectivity index (χ3n) is 5.80. The summed E-state index contributed by atoms with van der Waals surface area (Å²) in [5.74, 6) is 2.24. The Hall–Kier alpha value is -4.50. The molecule has 0 aromatic heterocycles. The topological polar surface area (TPSA) is 27.7 Å². The standard InChI is InChI=1S/C32H26O3/c1-33-29-18-16-28(17-19-29)32(34-30-20-12-26(13-21-30)24-8-4-2-5-9-24)35-31-22-14-27(15-23-31)25-10-6-3-7-11-25/h2-23,32H,1H3. The average molecular weight is 459 g/mol. The molecule has 0 saturated heterocycles. The van der Waals surface area contributed by atoms with E-state index in [-0.39, 0.29) is 0 Å². The van der Waals surface area contributed by atoms with Crippen molar-refractivity contribution in [2.24, 2.45) is 0 Å². The van der Waals surface area contributed by atoms with Crippen LogP contribution in [-0.4, -0.2) is 7.11 Å². The van der Waals surface area contributed by atoms with E-state index in [1.807, 2.05) is 84.9 Å². The van der Waals surface area contributed by atoms with Crippen molar-refractivity contribution < 1.29 is 14.2 Å². The van der Waals surface area contributed by atoms with Gasteiger partial charge in [-0.3, -0.25) is 0 Å². The zero-order chi connectivity index (χ0) is 23.9. The first-order valence-electron chi connectivity index (χ1n) is 11.6. The summed E-state index contributed by atoms with van der Waals surface area (Å²) in [7, 11) is 1.65. The zero-order valence-corrected chi connectivity index (χ0v) is 19.5. The fraction of sp³-hybridized carbons (Fsp3) is 0.0625. The van der Waals surface area contributed by atoms with Crippen LogP contribution < -0.4 is 14.2 Å². The number of hydrogen-bond donors (Lipinski definition) is 0. The summed E-state index contributed by atoms with van der Waals surface area (Å²) in [6, 6.07) is 44.4. The van der Waals surface area contributed by atoms with E-state index in [0.29, 0.717) is 0 Å². The van der Waals surface area contributed by atoms with Crippen molar-refractivity contribution >= 4 is 0 Å². The first kappa shape index (κ1) is 22.3. The second-order valence-corrected chi connectivity index (χ2v) is 8.12. The lowest BCUT2D eigenvalue weighted by Gasteiger charge is -2.21. The molecule has 3 nitrogen and oxygen atoms in total. The quantitative estimate of drug-likeness (QED) is 0.219. The van der Waals surface area contributed by atoms with E-state index < -0.39 is 6.29 Å². The van der Waals surface area contributed by atoms with Crippen LogP contribution in [0.4, 0.5) is 0 Å². The molecule has 0 saturated carbocycles. The van der Waals surface area contributed by atoms with Crippen molar-refractivity contribution in [1.29, 1.82) is 0 Å². The van der Waals surface area contributed by atoms with Crippen LogP contribution in [-0.2, 0) is 0 Å². The van der Waals surface area contributed by atoms with Crippen molar-refractivity contribution in [3.63, 3.8) is 0 Å². The van der Waals surface area contributed by atoms with E-state index >= 15 is 0 Å². The lowest BCUT2D eigenvalue weighted by Crippen LogP contribution is -2.15. The third kappa shape index (κ3) is 5.53. The molecule has 0 unspecified atom stereocenters. The van der Waals surface area contributed by atoms with Crippen LogP contribution in [0.1, 0.15) is 11.9 Å². The highest BCUT2D eigenvalue weighted by Gasteiger charge is 2.16. The number of methoxy groups -OCH3 is 1. The summed E-state index contributed by atoms with van der Waals surface area (Å²) >= 11 is 0. The number of ether oxygens (including phenoxy) is 3. The fourth-order valence-electron chi connectivity index (χ4n) is 3.88. The lowest BCUT2D eigenvalue weighted by atomic mass is 10.1. The number of hydrogen-bond acceptors (Lipinski definition) is 3. The van der Waals surface area contributed by atoms with Crippen LogP contribution in [0.25, 0.3) is 22.3 Å². The van der Waals surface area contributed by atoms with Gasteiger partial charge in [0.2, 0.25) is 0 Å². The predicted molar refractivity (Wildman–Crippen MR) is 141 cm³/mol. The lowest BCUT2D eigenvalue weighted by molar-refractivity contribution is 0.00381. The molecule has 0 radical (unpaired) electrons. The molecule has 35 heavy (non-hydrogen) atoms. The van der Waals surface area contributed by atoms with E-state index in [4.69, 9.17) is 14.2 Å². The van der Waals surface area contributed by atoms with Gasteiger partial charge in [0.1, 0.15) is 17.2 Å². The summed E-state index contributed by atoms with van der Waals surface area (Å²) in [6.45, 7) is 0. The monoisotopic (exact) mass is 458 g/mol. The Morgan fingerprint density at radius 2 is 0.771 bits per heavy atom. The molecule has 0 spiro atoms. The second kappa shape index (κ2) is 10.6. The van der Waals surface area contributed by atoms with E-state index in [1.165, 1.54) is 11.1 Å². The molecule has 5 aromatic carbocycles. The Bertz CT molecular complexity index is 1240. The van der Waals surface area contributed by atoms with Crippen LogP contribution in [0.15, 0.2) is 133 Å². The summed E-state index contributed by atoms with van der Waals surface area (Å²) in [4.78, 5) is 0. The van der Waals surface area contributed by atoms with Gasteiger partial charge in [-0.1, -0.05) is 84.9 Å². The first-order chi connectivity index (χ1) is 17.3. The predicted octanol–water partition coefficient (Wildman–Crippen LogP) is 8.19. The van der Waals surface area contributed by atoms with E-state index in [9.17, 15) is 0 Å². The molecule has 0 aliphatic carbocycles. The largest absolute Gasteiger partial charge is 0.497 e. The molecule has 5 rings (SSSR count). The maximum Gasteiger partial charge on any atom is 0.267 e. The van der Waals surface area contributed by atoms with Crippen molar-refractivity contribution in [3.05, 3.63) is 139 Å². The highest BCUT2D eigenvalue weighted by Crippen LogP contribution is 2.30. The minimum Gasteiger partial charge on any atom is -0.497 e. The zero-order valence-electron chi connectivity index (χ0n) is 19.5. The van der Waals surface area contributed by atoms with E-state index in [0.717, 1.165) is 33.9 Å². The Balaban J connectivity index is 1.38. The van der Waals surface area contributed by atoms with Crippen LogP contribution in [0.2, 0.25) is 0 Å². The molecule has 0 heterocycles. The molecular weight excluding hydrogens is 432 g/mol. The molecule has 172 valence electrons. The van der Waals surface area contributed by atoms with Gasteiger partial charge in [0.05, 0.1) is 7.11 Å². The van der Waals surface area contributed by atoms with Crippen LogP contribution >= 0.6 is 0 Å². The maximum absolute atomic E-state index is 6.32. The molecule has 0 aliphatic rings. The minimum absolute atomic E-state index is 0.619. The van der Waals surface area contributed by atoms with Gasteiger partial charge in [-0.05, 0) is 70.8 Å². The van der Waals surface area contributed by atoms with Crippen molar-refractivity contribution in [1.82, 2.24) is 0 Å². The minimum atomic E-state index is -0.619. The van der Waals surface area contributed by atoms with Gasteiger partial charge in [-0.2, -0.15) is 0 Å². The SMILES string of the molecule is COc1ccc(C(Oc2ccc(-c3ccccc3)cc2)Oc2ccc(-c3ccccc3)cc2)cc1. The number of rotatable bonds is 8. The van der Waals surface area contributed by atoms with Crippen molar-refractivity contribution in [3.8, 4) is 39.5 Å². The molecule has 0 fully saturated rings. The van der Waals surface area contributed by atoms with Crippen molar-refractivity contribution in [2.45, 2.75) is 6.29 Å². The molecule has 0 amide bonds. The fourth-order valence-corrected chi connectivity index (χ4v) is 3.88. The smallest absolute Gasteiger partial charge is 0.267 e. The third-order valence-corrected chi connectivity index (χ3v) is 5.80. The Kier molecular flexibility index (Phi) is 6.77. The van der Waals surface area contributed by atoms with Gasteiger partial charge in [0, 0.05) is 5.56 Å². The van der Waals surface area contributed by atoms with Gasteiger partial charge in [0.15, 0.2) is 0 Å². The summed E-state index contributed by atoms with van der Waals surface area (Å²) in [5.41, 5.74) is 5.50. The molecule has 0 atom stereocenters. The van der Waals surface area contributed by atoms with Gasteiger partial charge in [-0.25, -0.2) is 0 Å². The average Bonchev–Trinajstić information content (AvgIpc) is 2.94. The van der Waals surface area contributed by atoms with Crippen molar-refractivity contribution in [2.75, 3.05) is 7.11 Å². The molecule has 0 N–H and O–H groups in total. The highest BCUT2D eigenvalue weighted by molar-refractivity contribution is 5.64. The molecule has 5 aromatic rings. The Labute approximate surface area is 206 Å². The molecule has 0 bridgehead atoms. The highest BCUT2D eigenvalue weighted by atomic mass is 16.7. The summed E-state index contributed by atoms with van der Waals surface area (Å²) in [5, 5.41) is 0. The normalized spacial score (nSPS) is 10.7. The maximum atomic E-state index is 6.32. The van der Waals surface area contributed by atoms with Gasteiger partial charge < -0.3 is 14.2 Å². The van der Waals surface area contributed by atoms with Crippen LogP contribution in [0.3, 0.4) is 0 Å². The number of benzene rings is 5. The van der Waals surface area contributed by atoms with Crippen LogP contribution in [0, 0.1) is 0 Å².